The molecule has 0 aliphatic carbocycles. The molecule has 1 aromatic rings. The van der Waals surface area contributed by atoms with Gasteiger partial charge in [-0.3, -0.25) is 4.79 Å². The molecule has 0 heterocycles. The topological polar surface area (TPSA) is 122 Å². The van der Waals surface area contributed by atoms with Gasteiger partial charge in [-0.15, -0.1) is 0 Å². The number of unbranched alkanes of at least 4 members (excludes halogenated alkanes) is 2. The van der Waals surface area contributed by atoms with Gasteiger partial charge in [-0.05, 0) is 31.5 Å². The minimum absolute atomic E-state index is 0.0613. The Balaban J connectivity index is 2.63. The summed E-state index contributed by atoms with van der Waals surface area (Å²) in [7, 11) is 1.15. The van der Waals surface area contributed by atoms with Crippen molar-refractivity contribution in [3.63, 3.8) is 0 Å². The fourth-order valence-electron chi connectivity index (χ4n) is 1.96. The Morgan fingerprint density at radius 1 is 1.23 bits per heavy atom. The number of nitrogens with two attached hydrogens (primary N) is 1. The van der Waals surface area contributed by atoms with E-state index in [1.54, 1.807) is 0 Å². The summed E-state index contributed by atoms with van der Waals surface area (Å²) in [5.41, 5.74) is 5.39. The lowest BCUT2D eigenvalue weighted by Crippen LogP contribution is -2.22. The van der Waals surface area contributed by atoms with Crippen molar-refractivity contribution in [3.05, 3.63) is 23.3 Å². The largest absolute Gasteiger partial charge is 0.507 e. The number of hydrogen-bond donors (Lipinski definition) is 4. The van der Waals surface area contributed by atoms with Crippen molar-refractivity contribution in [1.82, 2.24) is 5.32 Å². The Bertz CT molecular complexity index is 531. The number of benzene rings is 1. The molecular weight excluding hydrogens is 288 g/mol. The zero-order chi connectivity index (χ0) is 16.5. The van der Waals surface area contributed by atoms with Gasteiger partial charge in [0.1, 0.15) is 17.1 Å². The van der Waals surface area contributed by atoms with Gasteiger partial charge < -0.3 is 26.0 Å². The number of phenols is 2. The van der Waals surface area contributed by atoms with E-state index >= 15 is 0 Å². The van der Waals surface area contributed by atoms with Gasteiger partial charge in [-0.1, -0.05) is 6.42 Å². The smallest absolute Gasteiger partial charge is 0.345 e. The molecule has 22 heavy (non-hydrogen) atoms. The van der Waals surface area contributed by atoms with Gasteiger partial charge in [0, 0.05) is 18.5 Å². The minimum atomic E-state index is -0.843. The molecule has 0 aliphatic heterocycles. The molecule has 0 unspecified atom stereocenters. The molecule has 0 atom stereocenters. The summed E-state index contributed by atoms with van der Waals surface area (Å²) >= 11 is 0. The molecular formula is C15H22N2O5. The third-order valence-electron chi connectivity index (χ3n) is 3.21. The van der Waals surface area contributed by atoms with Crippen LogP contribution < -0.4 is 11.1 Å². The number of hydrogen-bond acceptors (Lipinski definition) is 6. The second-order valence-corrected chi connectivity index (χ2v) is 4.84. The van der Waals surface area contributed by atoms with Crippen molar-refractivity contribution in [2.75, 3.05) is 13.7 Å². The van der Waals surface area contributed by atoms with Gasteiger partial charge in [0.25, 0.3) is 0 Å². The Morgan fingerprint density at radius 2 is 1.95 bits per heavy atom. The maximum Gasteiger partial charge on any atom is 0.345 e. The average Bonchev–Trinajstić information content (AvgIpc) is 2.50. The standard InChI is InChI=1S/C15H22N2O5/c1-22-15(21)13-11(18)7-6-10(14(13)20)9-17-12(19)5-3-2-4-8-16/h6-7,18,20H,2-5,8-9,16H2,1H3,(H,17,19). The first-order valence-corrected chi connectivity index (χ1v) is 7.10. The highest BCUT2D eigenvalue weighted by Crippen LogP contribution is 2.31. The number of esters is 1. The van der Waals surface area contributed by atoms with E-state index in [1.807, 2.05) is 0 Å². The first-order valence-electron chi connectivity index (χ1n) is 7.10. The number of carbonyl (C=O) groups excluding carboxylic acids is 2. The highest BCUT2D eigenvalue weighted by molar-refractivity contribution is 5.95. The first kappa shape index (κ1) is 17.8. The van der Waals surface area contributed by atoms with Crippen molar-refractivity contribution in [1.29, 1.82) is 0 Å². The summed E-state index contributed by atoms with van der Waals surface area (Å²) in [6.07, 6.45) is 2.90. The molecule has 0 fully saturated rings. The lowest BCUT2D eigenvalue weighted by atomic mass is 10.1. The number of phenolic OH excluding ortho intramolecular Hbond substituents is 2. The monoisotopic (exact) mass is 310 g/mol. The van der Waals surface area contributed by atoms with E-state index < -0.39 is 11.7 Å². The van der Waals surface area contributed by atoms with Crippen LogP contribution in [-0.4, -0.2) is 35.7 Å². The predicted molar refractivity (Wildman–Crippen MR) is 80.5 cm³/mol. The second kappa shape index (κ2) is 8.89. The van der Waals surface area contributed by atoms with Crippen LogP contribution in [0.3, 0.4) is 0 Å². The molecule has 122 valence electrons. The Morgan fingerprint density at radius 3 is 2.59 bits per heavy atom. The maximum absolute atomic E-state index is 11.7. The fraction of sp³-hybridized carbons (Fsp3) is 0.467. The third-order valence-corrected chi connectivity index (χ3v) is 3.21. The third kappa shape index (κ3) is 4.92. The highest BCUT2D eigenvalue weighted by atomic mass is 16.5. The normalized spacial score (nSPS) is 10.3. The van der Waals surface area contributed by atoms with Crippen LogP contribution in [0.2, 0.25) is 0 Å². The Kier molecular flexibility index (Phi) is 7.18. The lowest BCUT2D eigenvalue weighted by molar-refractivity contribution is -0.121. The number of ether oxygens (including phenoxy) is 1. The van der Waals surface area contributed by atoms with E-state index in [0.29, 0.717) is 18.5 Å². The van der Waals surface area contributed by atoms with Crippen molar-refractivity contribution in [2.45, 2.75) is 32.2 Å². The van der Waals surface area contributed by atoms with Crippen LogP contribution in [0.25, 0.3) is 0 Å². The molecule has 7 heteroatoms. The average molecular weight is 310 g/mol. The zero-order valence-electron chi connectivity index (χ0n) is 12.6. The summed E-state index contributed by atoms with van der Waals surface area (Å²) in [5.74, 6) is -1.76. The second-order valence-electron chi connectivity index (χ2n) is 4.84. The van der Waals surface area contributed by atoms with Gasteiger partial charge >= 0.3 is 5.97 Å². The molecule has 1 aromatic carbocycles. The summed E-state index contributed by atoms with van der Waals surface area (Å²) < 4.78 is 4.50. The number of methoxy groups -OCH3 is 1. The Labute approximate surface area is 129 Å². The molecule has 0 bridgehead atoms. The number of aromatic hydroxyl groups is 2. The fourth-order valence-corrected chi connectivity index (χ4v) is 1.96. The quantitative estimate of drug-likeness (QED) is 0.420. The minimum Gasteiger partial charge on any atom is -0.507 e. The van der Waals surface area contributed by atoms with Crippen LogP contribution >= 0.6 is 0 Å². The molecule has 0 spiro atoms. The van der Waals surface area contributed by atoms with Crippen molar-refractivity contribution in [3.8, 4) is 11.5 Å². The molecule has 1 rings (SSSR count). The summed E-state index contributed by atoms with van der Waals surface area (Å²) in [5, 5.41) is 22.3. The Hall–Kier alpha value is -2.28. The molecule has 0 aromatic heterocycles. The molecule has 0 saturated heterocycles. The van der Waals surface area contributed by atoms with Crippen LogP contribution in [0.1, 0.15) is 41.6 Å². The maximum atomic E-state index is 11.7. The predicted octanol–water partition coefficient (Wildman–Crippen LogP) is 1.02. The summed E-state index contributed by atoms with van der Waals surface area (Å²) in [6.45, 7) is 0.672. The van der Waals surface area contributed by atoms with Gasteiger partial charge in [0.05, 0.1) is 7.11 Å². The van der Waals surface area contributed by atoms with Crippen LogP contribution in [-0.2, 0) is 16.1 Å². The van der Waals surface area contributed by atoms with E-state index in [4.69, 9.17) is 5.73 Å². The van der Waals surface area contributed by atoms with Crippen LogP contribution in [0.15, 0.2) is 12.1 Å². The van der Waals surface area contributed by atoms with E-state index in [2.05, 4.69) is 10.1 Å². The molecule has 0 radical (unpaired) electrons. The van der Waals surface area contributed by atoms with Gasteiger partial charge in [0.15, 0.2) is 0 Å². The summed E-state index contributed by atoms with van der Waals surface area (Å²) in [4.78, 5) is 23.2. The van der Waals surface area contributed by atoms with E-state index in [-0.39, 0.29) is 23.8 Å². The van der Waals surface area contributed by atoms with Gasteiger partial charge in [-0.2, -0.15) is 0 Å². The first-order chi connectivity index (χ1) is 10.5. The number of nitrogens with one attached hydrogen (secondary N) is 1. The summed E-state index contributed by atoms with van der Waals surface area (Å²) in [6, 6.07) is 2.71. The van der Waals surface area contributed by atoms with Crippen molar-refractivity contribution >= 4 is 11.9 Å². The number of rotatable bonds is 8. The molecule has 0 aliphatic rings. The number of amides is 1. The number of carbonyl (C=O) groups is 2. The van der Waals surface area contributed by atoms with Gasteiger partial charge in [-0.25, -0.2) is 4.79 Å². The van der Waals surface area contributed by atoms with Gasteiger partial charge in [0.2, 0.25) is 5.91 Å². The van der Waals surface area contributed by atoms with E-state index in [1.165, 1.54) is 12.1 Å². The molecule has 5 N–H and O–H groups in total. The van der Waals surface area contributed by atoms with Crippen LogP contribution in [0.5, 0.6) is 11.5 Å². The SMILES string of the molecule is COC(=O)c1c(O)ccc(CNC(=O)CCCCCN)c1O. The molecule has 1 amide bonds. The van der Waals surface area contributed by atoms with E-state index in [0.717, 1.165) is 26.4 Å². The molecule has 7 nitrogen and oxygen atoms in total. The van der Waals surface area contributed by atoms with Crippen LogP contribution in [0, 0.1) is 0 Å². The van der Waals surface area contributed by atoms with E-state index in [9.17, 15) is 19.8 Å². The van der Waals surface area contributed by atoms with Crippen molar-refractivity contribution < 1.29 is 24.5 Å². The highest BCUT2D eigenvalue weighted by Gasteiger charge is 2.20. The lowest BCUT2D eigenvalue weighted by Gasteiger charge is -2.11. The van der Waals surface area contributed by atoms with Crippen LogP contribution in [0.4, 0.5) is 0 Å². The zero-order valence-corrected chi connectivity index (χ0v) is 12.6. The van der Waals surface area contributed by atoms with Crippen molar-refractivity contribution in [2.24, 2.45) is 5.73 Å². The molecule has 0 saturated carbocycles.